The van der Waals surface area contributed by atoms with Crippen molar-refractivity contribution in [3.05, 3.63) is 59.3 Å². The number of allylic oxidation sites excluding steroid dienone is 4. The summed E-state index contributed by atoms with van der Waals surface area (Å²) in [6, 6.07) is 1.34. The van der Waals surface area contributed by atoms with Crippen molar-refractivity contribution in [3.63, 3.8) is 0 Å². The van der Waals surface area contributed by atoms with E-state index in [2.05, 4.69) is 30.7 Å². The summed E-state index contributed by atoms with van der Waals surface area (Å²) in [6.45, 7) is 11.9. The van der Waals surface area contributed by atoms with Gasteiger partial charge in [0.2, 0.25) is 5.95 Å². The average molecular weight is 365 g/mol. The third-order valence-corrected chi connectivity index (χ3v) is 4.61. The van der Waals surface area contributed by atoms with E-state index in [-0.39, 0.29) is 5.60 Å². The lowest BCUT2D eigenvalue weighted by atomic mass is 9.88. The molecule has 1 N–H and O–H groups in total. The lowest BCUT2D eigenvalue weighted by Gasteiger charge is -2.35. The van der Waals surface area contributed by atoms with Crippen molar-refractivity contribution in [3.8, 4) is 0 Å². The molecular formula is C20H26ClFN2O. The van der Waals surface area contributed by atoms with Crippen molar-refractivity contribution in [2.45, 2.75) is 39.2 Å². The predicted molar refractivity (Wildman–Crippen MR) is 102 cm³/mol. The Labute approximate surface area is 154 Å². The zero-order chi connectivity index (χ0) is 18.4. The lowest BCUT2D eigenvalue weighted by molar-refractivity contribution is -0.0714. The zero-order valence-electron chi connectivity index (χ0n) is 15.1. The second kappa shape index (κ2) is 8.63. The van der Waals surface area contributed by atoms with Crippen LogP contribution < -0.4 is 5.32 Å². The molecule has 0 bridgehead atoms. The maximum atomic E-state index is 13.2. The van der Waals surface area contributed by atoms with Gasteiger partial charge in [0, 0.05) is 36.7 Å². The van der Waals surface area contributed by atoms with Crippen LogP contribution in [0.25, 0.3) is 5.57 Å². The molecule has 1 saturated heterocycles. The van der Waals surface area contributed by atoms with Crippen LogP contribution in [-0.2, 0) is 4.74 Å². The van der Waals surface area contributed by atoms with E-state index in [9.17, 15) is 4.39 Å². The zero-order valence-corrected chi connectivity index (χ0v) is 15.9. The van der Waals surface area contributed by atoms with E-state index in [0.29, 0.717) is 16.5 Å². The summed E-state index contributed by atoms with van der Waals surface area (Å²) in [6.07, 6.45) is 9.10. The van der Waals surface area contributed by atoms with Crippen LogP contribution in [0, 0.1) is 11.9 Å². The Morgan fingerprint density at radius 3 is 3.04 bits per heavy atom. The largest absolute Gasteiger partial charge is 0.385 e. The molecule has 1 unspecified atom stereocenters. The molecule has 0 aromatic carbocycles. The van der Waals surface area contributed by atoms with Crippen molar-refractivity contribution in [2.75, 3.05) is 13.2 Å². The standard InChI is InChI=1S/C20H26ClFN2O/c1-14(17-10-19(22)24-13-18(17)21)6-5-7-15(2)23-12-16-8-9-25-20(3,4)11-16/h5-7,10,13,16,23H,2,8-9,11-12H2,1,3-4H3/b7-5-,14-6+. The van der Waals surface area contributed by atoms with E-state index >= 15 is 0 Å². The maximum absolute atomic E-state index is 13.2. The van der Waals surface area contributed by atoms with E-state index in [4.69, 9.17) is 16.3 Å². The molecule has 1 fully saturated rings. The Bertz CT molecular complexity index is 682. The second-order valence-corrected chi connectivity index (χ2v) is 7.48. The van der Waals surface area contributed by atoms with Crippen LogP contribution in [0.4, 0.5) is 4.39 Å². The van der Waals surface area contributed by atoms with Crippen LogP contribution in [-0.4, -0.2) is 23.7 Å². The van der Waals surface area contributed by atoms with Gasteiger partial charge in [-0.2, -0.15) is 4.39 Å². The van der Waals surface area contributed by atoms with Crippen molar-refractivity contribution in [1.29, 1.82) is 0 Å². The van der Waals surface area contributed by atoms with Gasteiger partial charge in [-0.05, 0) is 51.2 Å². The molecule has 1 aliphatic rings. The molecule has 5 heteroatoms. The Hall–Kier alpha value is -1.65. The van der Waals surface area contributed by atoms with Crippen LogP contribution in [0.15, 0.2) is 42.8 Å². The highest BCUT2D eigenvalue weighted by Crippen LogP contribution is 2.28. The number of hydrogen-bond donors (Lipinski definition) is 1. The summed E-state index contributed by atoms with van der Waals surface area (Å²) < 4.78 is 19.0. The molecule has 2 rings (SSSR count). The topological polar surface area (TPSA) is 34.2 Å². The number of nitrogens with one attached hydrogen (secondary N) is 1. The molecule has 136 valence electrons. The number of halogens is 2. The molecule has 1 aromatic rings. The number of pyridine rings is 1. The molecule has 0 radical (unpaired) electrons. The first kappa shape index (κ1) is 19.7. The van der Waals surface area contributed by atoms with Gasteiger partial charge < -0.3 is 10.1 Å². The molecule has 1 aromatic heterocycles. The maximum Gasteiger partial charge on any atom is 0.213 e. The summed E-state index contributed by atoms with van der Waals surface area (Å²) in [5.41, 5.74) is 2.31. The molecule has 1 aliphatic heterocycles. The van der Waals surface area contributed by atoms with Gasteiger partial charge in [0.05, 0.1) is 10.6 Å². The Balaban J connectivity index is 1.86. The van der Waals surface area contributed by atoms with Crippen LogP contribution >= 0.6 is 11.6 Å². The third kappa shape index (κ3) is 6.29. The van der Waals surface area contributed by atoms with Gasteiger partial charge in [0.25, 0.3) is 0 Å². The first-order chi connectivity index (χ1) is 11.8. The second-order valence-electron chi connectivity index (χ2n) is 7.07. The fourth-order valence-electron chi connectivity index (χ4n) is 2.98. The van der Waals surface area contributed by atoms with E-state index < -0.39 is 5.95 Å². The smallest absolute Gasteiger partial charge is 0.213 e. The molecular weight excluding hydrogens is 339 g/mol. The van der Waals surface area contributed by atoms with Crippen molar-refractivity contribution in [2.24, 2.45) is 5.92 Å². The van der Waals surface area contributed by atoms with E-state index in [1.54, 1.807) is 0 Å². The molecule has 0 spiro atoms. The van der Waals surface area contributed by atoms with Gasteiger partial charge in [-0.25, -0.2) is 4.98 Å². The van der Waals surface area contributed by atoms with Gasteiger partial charge in [0.15, 0.2) is 0 Å². The highest BCUT2D eigenvalue weighted by Gasteiger charge is 2.28. The van der Waals surface area contributed by atoms with Gasteiger partial charge in [-0.3, -0.25) is 0 Å². The summed E-state index contributed by atoms with van der Waals surface area (Å²) in [7, 11) is 0. The molecule has 0 aliphatic carbocycles. The molecule has 1 atom stereocenters. The average Bonchev–Trinajstić information content (AvgIpc) is 2.54. The van der Waals surface area contributed by atoms with E-state index in [0.717, 1.165) is 37.3 Å². The van der Waals surface area contributed by atoms with Crippen LogP contribution in [0.2, 0.25) is 5.02 Å². The van der Waals surface area contributed by atoms with Gasteiger partial charge in [0.1, 0.15) is 0 Å². The summed E-state index contributed by atoms with van der Waals surface area (Å²) in [5.74, 6) is 0.0476. The molecule has 25 heavy (non-hydrogen) atoms. The molecule has 0 saturated carbocycles. The van der Waals surface area contributed by atoms with Crippen molar-refractivity contribution in [1.82, 2.24) is 10.3 Å². The lowest BCUT2D eigenvalue weighted by Crippen LogP contribution is -2.37. The van der Waals surface area contributed by atoms with Crippen LogP contribution in [0.1, 0.15) is 39.2 Å². The summed E-state index contributed by atoms with van der Waals surface area (Å²) in [5, 5.41) is 3.79. The number of ether oxygens (including phenoxy) is 1. The fourth-order valence-corrected chi connectivity index (χ4v) is 3.23. The predicted octanol–water partition coefficient (Wildman–Crippen LogP) is 5.14. The van der Waals surface area contributed by atoms with Gasteiger partial charge in [-0.1, -0.05) is 30.3 Å². The Morgan fingerprint density at radius 1 is 1.56 bits per heavy atom. The quantitative estimate of drug-likeness (QED) is 0.560. The van der Waals surface area contributed by atoms with Crippen LogP contribution in [0.3, 0.4) is 0 Å². The van der Waals surface area contributed by atoms with Crippen molar-refractivity contribution < 1.29 is 9.13 Å². The van der Waals surface area contributed by atoms with Gasteiger partial charge >= 0.3 is 0 Å². The molecule has 2 heterocycles. The van der Waals surface area contributed by atoms with Gasteiger partial charge in [-0.15, -0.1) is 0 Å². The highest BCUT2D eigenvalue weighted by molar-refractivity contribution is 6.32. The Morgan fingerprint density at radius 2 is 2.32 bits per heavy atom. The van der Waals surface area contributed by atoms with Crippen LogP contribution in [0.5, 0.6) is 0 Å². The normalized spacial score (nSPS) is 20.7. The first-order valence-corrected chi connectivity index (χ1v) is 8.88. The minimum Gasteiger partial charge on any atom is -0.385 e. The fraction of sp³-hybridized carbons (Fsp3) is 0.450. The monoisotopic (exact) mass is 364 g/mol. The third-order valence-electron chi connectivity index (χ3n) is 4.31. The number of rotatable bonds is 6. The minimum atomic E-state index is -0.540. The summed E-state index contributed by atoms with van der Waals surface area (Å²) >= 11 is 6.06. The minimum absolute atomic E-state index is 0.0410. The van der Waals surface area contributed by atoms with E-state index in [1.807, 2.05) is 25.2 Å². The highest BCUT2D eigenvalue weighted by atomic mass is 35.5. The number of hydrogen-bond acceptors (Lipinski definition) is 3. The number of aromatic nitrogens is 1. The SMILES string of the molecule is C=C(/C=C\C=C(/C)c1cc(F)ncc1Cl)NCC1CCOC(C)(C)C1. The first-order valence-electron chi connectivity index (χ1n) is 8.50. The molecule has 3 nitrogen and oxygen atoms in total. The molecule has 0 amide bonds. The van der Waals surface area contributed by atoms with Crippen molar-refractivity contribution >= 4 is 17.2 Å². The summed E-state index contributed by atoms with van der Waals surface area (Å²) in [4.78, 5) is 3.53. The Kier molecular flexibility index (Phi) is 6.79. The number of nitrogens with zero attached hydrogens (tertiary/aromatic N) is 1. The van der Waals surface area contributed by atoms with E-state index in [1.165, 1.54) is 12.3 Å².